The number of aryl methyl sites for hydroxylation is 1. The molecule has 1 unspecified atom stereocenters. The Morgan fingerprint density at radius 1 is 1.58 bits per heavy atom. The molecule has 1 aromatic heterocycles. The van der Waals surface area contributed by atoms with E-state index >= 15 is 0 Å². The van der Waals surface area contributed by atoms with Gasteiger partial charge in [-0.25, -0.2) is 0 Å². The van der Waals surface area contributed by atoms with E-state index in [1.165, 1.54) is 0 Å². The van der Waals surface area contributed by atoms with E-state index in [-0.39, 0.29) is 11.0 Å². The maximum absolute atomic E-state index is 6.19. The summed E-state index contributed by atoms with van der Waals surface area (Å²) in [6.07, 6.45) is 2.77. The summed E-state index contributed by atoms with van der Waals surface area (Å²) in [5.74, 6) is 0. The molecular weight excluding hydrogens is 152 g/mol. The van der Waals surface area contributed by atoms with Crippen LogP contribution in [-0.4, -0.2) is 15.0 Å². The normalized spacial score (nSPS) is 32.0. The number of nitrogens with two attached hydrogens (primary N) is 1. The molecule has 4 heteroatoms. The highest BCUT2D eigenvalue weighted by molar-refractivity contribution is 5.27. The second-order valence-electron chi connectivity index (χ2n) is 4.27. The van der Waals surface area contributed by atoms with Crippen LogP contribution >= 0.6 is 0 Å². The van der Waals surface area contributed by atoms with Gasteiger partial charge in [-0.3, -0.25) is 4.68 Å². The van der Waals surface area contributed by atoms with Gasteiger partial charge in [0, 0.05) is 7.05 Å². The van der Waals surface area contributed by atoms with Crippen molar-refractivity contribution in [3.05, 3.63) is 11.9 Å². The van der Waals surface area contributed by atoms with Crippen molar-refractivity contribution < 1.29 is 0 Å². The van der Waals surface area contributed by atoms with E-state index in [1.807, 2.05) is 7.05 Å². The minimum absolute atomic E-state index is 0.197. The third-order valence-electron chi connectivity index (χ3n) is 2.97. The Morgan fingerprint density at radius 2 is 2.17 bits per heavy atom. The van der Waals surface area contributed by atoms with Gasteiger partial charge in [-0.15, -0.1) is 5.10 Å². The Kier molecular flexibility index (Phi) is 1.21. The molecule has 0 amide bonds. The van der Waals surface area contributed by atoms with E-state index in [0.29, 0.717) is 0 Å². The van der Waals surface area contributed by atoms with Crippen molar-refractivity contribution in [3.8, 4) is 0 Å². The molecule has 1 heterocycles. The van der Waals surface area contributed by atoms with Gasteiger partial charge in [0.2, 0.25) is 0 Å². The van der Waals surface area contributed by atoms with Crippen LogP contribution in [0.2, 0.25) is 0 Å². The van der Waals surface area contributed by atoms with Gasteiger partial charge in [0.25, 0.3) is 0 Å². The standard InChI is InChI=1S/C8H14N4/c1-7(2)5-8(7,9)6-4-10-11-12(6)3/h4H,5,9H2,1-3H3. The first-order chi connectivity index (χ1) is 5.47. The predicted octanol–water partition coefficient (Wildman–Crippen LogP) is 0.399. The van der Waals surface area contributed by atoms with Crippen LogP contribution in [0.5, 0.6) is 0 Å². The van der Waals surface area contributed by atoms with Crippen LogP contribution in [0.1, 0.15) is 26.0 Å². The van der Waals surface area contributed by atoms with Gasteiger partial charge < -0.3 is 5.73 Å². The molecule has 66 valence electrons. The molecule has 1 fully saturated rings. The topological polar surface area (TPSA) is 56.7 Å². The zero-order chi connectivity index (χ0) is 8.98. The van der Waals surface area contributed by atoms with E-state index in [0.717, 1.165) is 12.1 Å². The largest absolute Gasteiger partial charge is 0.320 e. The Labute approximate surface area is 71.8 Å². The average molecular weight is 166 g/mol. The van der Waals surface area contributed by atoms with Crippen molar-refractivity contribution in [1.29, 1.82) is 0 Å². The minimum atomic E-state index is -0.203. The third-order valence-corrected chi connectivity index (χ3v) is 2.97. The summed E-state index contributed by atoms with van der Waals surface area (Å²) in [6.45, 7) is 4.33. The zero-order valence-electron chi connectivity index (χ0n) is 7.70. The fourth-order valence-corrected chi connectivity index (χ4v) is 1.78. The second-order valence-corrected chi connectivity index (χ2v) is 4.27. The Bertz CT molecular complexity index is 315. The summed E-state index contributed by atoms with van der Waals surface area (Å²) in [4.78, 5) is 0. The van der Waals surface area contributed by atoms with E-state index in [1.54, 1.807) is 10.9 Å². The van der Waals surface area contributed by atoms with Crippen molar-refractivity contribution in [2.45, 2.75) is 25.8 Å². The summed E-state index contributed by atoms with van der Waals surface area (Å²) in [5.41, 5.74) is 7.22. The molecule has 1 saturated carbocycles. The first-order valence-electron chi connectivity index (χ1n) is 4.11. The summed E-state index contributed by atoms with van der Waals surface area (Å²) < 4.78 is 1.76. The number of aromatic nitrogens is 3. The summed E-state index contributed by atoms with van der Waals surface area (Å²) in [6, 6.07) is 0. The molecule has 2 rings (SSSR count). The van der Waals surface area contributed by atoms with Crippen LogP contribution in [0.3, 0.4) is 0 Å². The summed E-state index contributed by atoms with van der Waals surface area (Å²) >= 11 is 0. The quantitative estimate of drug-likeness (QED) is 0.657. The molecule has 1 aliphatic carbocycles. The molecule has 4 nitrogen and oxygen atoms in total. The van der Waals surface area contributed by atoms with Crippen molar-refractivity contribution in [2.75, 3.05) is 0 Å². The zero-order valence-corrected chi connectivity index (χ0v) is 7.70. The molecule has 0 bridgehead atoms. The highest BCUT2D eigenvalue weighted by atomic mass is 15.4. The van der Waals surface area contributed by atoms with E-state index in [4.69, 9.17) is 5.73 Å². The molecule has 1 atom stereocenters. The Hall–Kier alpha value is -0.900. The lowest BCUT2D eigenvalue weighted by Crippen LogP contribution is -2.28. The summed E-state index contributed by atoms with van der Waals surface area (Å²) in [7, 11) is 1.88. The van der Waals surface area contributed by atoms with Gasteiger partial charge in [0.15, 0.2) is 0 Å². The predicted molar refractivity (Wildman–Crippen MR) is 45.3 cm³/mol. The highest BCUT2D eigenvalue weighted by Gasteiger charge is 2.61. The lowest BCUT2D eigenvalue weighted by atomic mass is 10.0. The van der Waals surface area contributed by atoms with Crippen LogP contribution in [0, 0.1) is 5.41 Å². The molecule has 0 spiro atoms. The molecule has 0 radical (unpaired) electrons. The van der Waals surface area contributed by atoms with Crippen LogP contribution < -0.4 is 5.73 Å². The average Bonchev–Trinajstić information content (AvgIpc) is 2.36. The molecular formula is C8H14N4. The Balaban J connectivity index is 2.40. The summed E-state index contributed by atoms with van der Waals surface area (Å²) in [5, 5.41) is 7.70. The van der Waals surface area contributed by atoms with Gasteiger partial charge in [-0.1, -0.05) is 19.1 Å². The lowest BCUT2D eigenvalue weighted by Gasteiger charge is -2.13. The number of hydrogen-bond acceptors (Lipinski definition) is 3. The lowest BCUT2D eigenvalue weighted by molar-refractivity contribution is 0.477. The maximum Gasteiger partial charge on any atom is 0.0788 e. The van der Waals surface area contributed by atoms with Crippen LogP contribution in [0.25, 0.3) is 0 Å². The first kappa shape index (κ1) is 7.73. The molecule has 0 saturated heterocycles. The molecule has 2 N–H and O–H groups in total. The first-order valence-corrected chi connectivity index (χ1v) is 4.11. The van der Waals surface area contributed by atoms with Gasteiger partial charge in [-0.2, -0.15) is 0 Å². The van der Waals surface area contributed by atoms with Crippen molar-refractivity contribution in [3.63, 3.8) is 0 Å². The van der Waals surface area contributed by atoms with Crippen molar-refractivity contribution >= 4 is 0 Å². The molecule has 0 aliphatic heterocycles. The van der Waals surface area contributed by atoms with Gasteiger partial charge in [0.05, 0.1) is 17.4 Å². The number of rotatable bonds is 1. The Morgan fingerprint density at radius 3 is 2.50 bits per heavy atom. The number of nitrogens with zero attached hydrogens (tertiary/aromatic N) is 3. The fraction of sp³-hybridized carbons (Fsp3) is 0.750. The van der Waals surface area contributed by atoms with E-state index < -0.39 is 0 Å². The maximum atomic E-state index is 6.19. The van der Waals surface area contributed by atoms with Gasteiger partial charge in [0.1, 0.15) is 0 Å². The minimum Gasteiger partial charge on any atom is -0.320 e. The van der Waals surface area contributed by atoms with E-state index in [2.05, 4.69) is 24.2 Å². The fourth-order valence-electron chi connectivity index (χ4n) is 1.78. The van der Waals surface area contributed by atoms with Crippen LogP contribution in [-0.2, 0) is 12.6 Å². The third kappa shape index (κ3) is 0.756. The van der Waals surface area contributed by atoms with Crippen LogP contribution in [0.4, 0.5) is 0 Å². The smallest absolute Gasteiger partial charge is 0.0788 e. The molecule has 0 aromatic carbocycles. The highest BCUT2D eigenvalue weighted by Crippen LogP contribution is 2.59. The second kappa shape index (κ2) is 1.88. The van der Waals surface area contributed by atoms with Gasteiger partial charge >= 0.3 is 0 Å². The number of hydrogen-bond donors (Lipinski definition) is 1. The van der Waals surface area contributed by atoms with Crippen molar-refractivity contribution in [1.82, 2.24) is 15.0 Å². The molecule has 1 aromatic rings. The molecule has 1 aliphatic rings. The van der Waals surface area contributed by atoms with E-state index in [9.17, 15) is 0 Å². The SMILES string of the molecule is Cn1nncc1C1(N)CC1(C)C. The monoisotopic (exact) mass is 166 g/mol. The van der Waals surface area contributed by atoms with Gasteiger partial charge in [-0.05, 0) is 11.8 Å². The molecule has 12 heavy (non-hydrogen) atoms. The van der Waals surface area contributed by atoms with Crippen LogP contribution in [0.15, 0.2) is 6.20 Å². The van der Waals surface area contributed by atoms with Crippen molar-refractivity contribution in [2.24, 2.45) is 18.2 Å².